The molecule has 5 atom stereocenters. The Hall–Kier alpha value is -1.22. The summed E-state index contributed by atoms with van der Waals surface area (Å²) in [6.45, 7) is 0. The highest BCUT2D eigenvalue weighted by Crippen LogP contribution is 2.50. The van der Waals surface area contributed by atoms with E-state index in [4.69, 9.17) is 5.73 Å². The van der Waals surface area contributed by atoms with Gasteiger partial charge < -0.3 is 5.73 Å². The molecule has 5 unspecified atom stereocenters. The summed E-state index contributed by atoms with van der Waals surface area (Å²) in [5.41, 5.74) is 8.66. The molecule has 106 valence electrons. The van der Waals surface area contributed by atoms with Crippen LogP contribution in [0, 0.1) is 17.8 Å². The van der Waals surface area contributed by atoms with Crippen molar-refractivity contribution in [2.75, 3.05) is 0 Å². The van der Waals surface area contributed by atoms with Crippen LogP contribution in [0.25, 0.3) is 0 Å². The number of nitrogens with zero attached hydrogens (tertiary/aromatic N) is 1. The molecule has 4 rings (SSSR count). The van der Waals surface area contributed by atoms with Gasteiger partial charge in [0.15, 0.2) is 0 Å². The summed E-state index contributed by atoms with van der Waals surface area (Å²) in [4.78, 5) is 17.6. The monoisotopic (exact) mass is 270 g/mol. The molecule has 1 heterocycles. The van der Waals surface area contributed by atoms with Gasteiger partial charge in [0.05, 0.1) is 11.6 Å². The zero-order chi connectivity index (χ0) is 13.7. The summed E-state index contributed by atoms with van der Waals surface area (Å²) in [5.74, 6) is 1.66. The number of carbonyl (C=O) groups is 1. The number of ketones is 1. The number of rotatable bonds is 2. The average molecular weight is 270 g/mol. The molecule has 3 nitrogen and oxygen atoms in total. The second kappa shape index (κ2) is 4.66. The van der Waals surface area contributed by atoms with Crippen LogP contribution in [0.15, 0.2) is 18.3 Å². The van der Waals surface area contributed by atoms with Crippen LogP contribution in [-0.2, 0) is 11.2 Å². The van der Waals surface area contributed by atoms with Crippen molar-refractivity contribution in [3.05, 3.63) is 29.6 Å². The zero-order valence-corrected chi connectivity index (χ0v) is 11.8. The van der Waals surface area contributed by atoms with Crippen LogP contribution in [0.1, 0.15) is 49.3 Å². The number of carbonyl (C=O) groups excluding carboxylic acids is 1. The zero-order valence-electron chi connectivity index (χ0n) is 11.8. The lowest BCUT2D eigenvalue weighted by molar-refractivity contribution is -0.126. The lowest BCUT2D eigenvalue weighted by atomic mass is 9.74. The van der Waals surface area contributed by atoms with Gasteiger partial charge in [-0.05, 0) is 62.0 Å². The molecule has 0 spiro atoms. The molecule has 2 saturated carbocycles. The Morgan fingerprint density at radius 3 is 2.90 bits per heavy atom. The van der Waals surface area contributed by atoms with Crippen molar-refractivity contribution >= 4 is 5.78 Å². The molecule has 0 saturated heterocycles. The van der Waals surface area contributed by atoms with Gasteiger partial charge in [-0.3, -0.25) is 9.78 Å². The first-order chi connectivity index (χ1) is 9.75. The van der Waals surface area contributed by atoms with E-state index in [0.717, 1.165) is 25.0 Å². The molecule has 0 aromatic carbocycles. The molecule has 2 fully saturated rings. The van der Waals surface area contributed by atoms with Gasteiger partial charge in [-0.1, -0.05) is 6.07 Å². The van der Waals surface area contributed by atoms with Crippen LogP contribution in [0.4, 0.5) is 0 Å². The topological polar surface area (TPSA) is 56.0 Å². The van der Waals surface area contributed by atoms with Gasteiger partial charge in [0.25, 0.3) is 0 Å². The summed E-state index contributed by atoms with van der Waals surface area (Å²) in [6, 6.07) is 4.22. The molecule has 1 aromatic rings. The first kappa shape index (κ1) is 12.5. The molecule has 20 heavy (non-hydrogen) atoms. The Bertz CT molecular complexity index is 540. The molecule has 3 aliphatic rings. The van der Waals surface area contributed by atoms with E-state index in [1.807, 2.05) is 12.3 Å². The van der Waals surface area contributed by atoms with Gasteiger partial charge in [-0.25, -0.2) is 0 Å². The number of nitrogens with two attached hydrogens (primary N) is 1. The second-order valence-corrected chi connectivity index (χ2v) is 6.83. The molecular weight excluding hydrogens is 248 g/mol. The minimum Gasteiger partial charge on any atom is -0.327 e. The SMILES string of the molecule is NC1C2CCC(C2)C1C(=O)C1CCCc2cccnc21. The molecule has 0 radical (unpaired) electrons. The Morgan fingerprint density at radius 2 is 2.10 bits per heavy atom. The van der Waals surface area contributed by atoms with Crippen molar-refractivity contribution in [1.82, 2.24) is 4.98 Å². The van der Waals surface area contributed by atoms with Crippen molar-refractivity contribution in [3.63, 3.8) is 0 Å². The molecule has 0 amide bonds. The van der Waals surface area contributed by atoms with E-state index in [1.165, 1.54) is 24.8 Å². The van der Waals surface area contributed by atoms with Crippen molar-refractivity contribution in [3.8, 4) is 0 Å². The predicted molar refractivity (Wildman–Crippen MR) is 77.2 cm³/mol. The van der Waals surface area contributed by atoms with Gasteiger partial charge in [-0.15, -0.1) is 0 Å². The highest BCUT2D eigenvalue weighted by atomic mass is 16.1. The summed E-state index contributed by atoms with van der Waals surface area (Å²) in [6.07, 6.45) is 8.57. The fourth-order valence-corrected chi connectivity index (χ4v) is 4.88. The summed E-state index contributed by atoms with van der Waals surface area (Å²) < 4.78 is 0. The van der Waals surface area contributed by atoms with Gasteiger partial charge >= 0.3 is 0 Å². The first-order valence-corrected chi connectivity index (χ1v) is 7.99. The van der Waals surface area contributed by atoms with E-state index < -0.39 is 0 Å². The molecule has 3 heteroatoms. The maximum Gasteiger partial charge on any atom is 0.146 e. The van der Waals surface area contributed by atoms with Crippen molar-refractivity contribution < 1.29 is 4.79 Å². The van der Waals surface area contributed by atoms with Crippen LogP contribution in [0.5, 0.6) is 0 Å². The lowest BCUT2D eigenvalue weighted by Gasteiger charge is -2.32. The third-order valence-corrected chi connectivity index (χ3v) is 5.85. The Kier molecular flexibility index (Phi) is 2.92. The van der Waals surface area contributed by atoms with E-state index in [0.29, 0.717) is 17.6 Å². The van der Waals surface area contributed by atoms with Gasteiger partial charge in [0.1, 0.15) is 5.78 Å². The number of fused-ring (bicyclic) bond motifs is 3. The van der Waals surface area contributed by atoms with Crippen molar-refractivity contribution in [2.24, 2.45) is 23.5 Å². The van der Waals surface area contributed by atoms with Crippen molar-refractivity contribution in [2.45, 2.75) is 50.5 Å². The Labute approximate surface area is 120 Å². The van der Waals surface area contributed by atoms with Crippen molar-refractivity contribution in [1.29, 1.82) is 0 Å². The summed E-state index contributed by atoms with van der Waals surface area (Å²) >= 11 is 0. The third kappa shape index (κ3) is 1.76. The number of hydrogen-bond donors (Lipinski definition) is 1. The predicted octanol–water partition coefficient (Wildman–Crippen LogP) is 2.44. The van der Waals surface area contributed by atoms with Gasteiger partial charge in [0, 0.05) is 18.2 Å². The third-order valence-electron chi connectivity index (χ3n) is 5.85. The van der Waals surface area contributed by atoms with Gasteiger partial charge in [-0.2, -0.15) is 0 Å². The highest BCUT2D eigenvalue weighted by molar-refractivity contribution is 5.89. The highest BCUT2D eigenvalue weighted by Gasteiger charge is 2.50. The lowest BCUT2D eigenvalue weighted by Crippen LogP contribution is -2.42. The summed E-state index contributed by atoms with van der Waals surface area (Å²) in [5, 5.41) is 0. The van der Waals surface area contributed by atoms with Crippen LogP contribution in [0.3, 0.4) is 0 Å². The Balaban J connectivity index is 1.64. The van der Waals surface area contributed by atoms with E-state index >= 15 is 0 Å². The number of Topliss-reactive ketones (excluding diaryl/α,β-unsaturated/α-hetero) is 1. The standard InChI is InChI=1S/C17H22N2O/c18-15-12-7-6-11(9-12)14(15)17(20)13-5-1-3-10-4-2-8-19-16(10)13/h2,4,8,11-15H,1,3,5-7,9,18H2. The average Bonchev–Trinajstić information content (AvgIpc) is 3.07. The smallest absolute Gasteiger partial charge is 0.146 e. The maximum atomic E-state index is 13.0. The largest absolute Gasteiger partial charge is 0.327 e. The minimum absolute atomic E-state index is 0.00958. The number of hydrogen-bond acceptors (Lipinski definition) is 3. The minimum atomic E-state index is 0.00958. The second-order valence-electron chi connectivity index (χ2n) is 6.83. The van der Waals surface area contributed by atoms with E-state index in [2.05, 4.69) is 11.1 Å². The first-order valence-electron chi connectivity index (χ1n) is 7.99. The molecule has 2 N–H and O–H groups in total. The molecule has 3 aliphatic carbocycles. The number of pyridine rings is 1. The number of aromatic nitrogens is 1. The van der Waals surface area contributed by atoms with Crippen LogP contribution >= 0.6 is 0 Å². The molecule has 1 aromatic heterocycles. The maximum absolute atomic E-state index is 13.0. The molecular formula is C17H22N2O. The Morgan fingerprint density at radius 1 is 1.25 bits per heavy atom. The summed E-state index contributed by atoms with van der Waals surface area (Å²) in [7, 11) is 0. The molecule has 0 aliphatic heterocycles. The quantitative estimate of drug-likeness (QED) is 0.898. The number of aryl methyl sites for hydroxylation is 1. The van der Waals surface area contributed by atoms with E-state index in [-0.39, 0.29) is 17.9 Å². The van der Waals surface area contributed by atoms with Gasteiger partial charge in [0.2, 0.25) is 0 Å². The molecule has 2 bridgehead atoms. The fraction of sp³-hybridized carbons (Fsp3) is 0.647. The van der Waals surface area contributed by atoms with Crippen LogP contribution in [0.2, 0.25) is 0 Å². The fourth-order valence-electron chi connectivity index (χ4n) is 4.88. The van der Waals surface area contributed by atoms with Crippen LogP contribution < -0.4 is 5.73 Å². The van der Waals surface area contributed by atoms with E-state index in [9.17, 15) is 4.79 Å². The normalized spacial score (nSPS) is 38.8. The van der Waals surface area contributed by atoms with Crippen LogP contribution in [-0.4, -0.2) is 16.8 Å². The van der Waals surface area contributed by atoms with E-state index in [1.54, 1.807) is 0 Å².